The minimum Gasteiger partial charge on any atom is -0.0719 e. The Labute approximate surface area is 74.4 Å². The molecule has 1 fully saturated rings. The van der Waals surface area contributed by atoms with Crippen LogP contribution in [0.15, 0.2) is 0 Å². The Kier molecular flexibility index (Phi) is 3.37. The second-order valence-electron chi connectivity index (χ2n) is 4.73. The van der Waals surface area contributed by atoms with Crippen molar-refractivity contribution in [2.45, 2.75) is 57.3 Å². The highest BCUT2D eigenvalue weighted by molar-refractivity contribution is 7.23. The van der Waals surface area contributed by atoms with Gasteiger partial charge in [-0.15, -0.1) is 0 Å². The Bertz CT molecular complexity index is 109. The standard InChI is InChI=1S/C9H20Si2/c1-11(2,3)10-9-7-5-4-6-8-9/h9H,4-8H2,1-3H3. The fourth-order valence-corrected chi connectivity index (χ4v) is 8.32. The molecule has 0 aromatic heterocycles. The second kappa shape index (κ2) is 3.90. The van der Waals surface area contributed by atoms with Crippen molar-refractivity contribution in [2.24, 2.45) is 0 Å². The first-order chi connectivity index (χ1) is 5.08. The quantitative estimate of drug-likeness (QED) is 0.578. The topological polar surface area (TPSA) is 0 Å². The van der Waals surface area contributed by atoms with E-state index in [0.29, 0.717) is 0 Å². The van der Waals surface area contributed by atoms with Crippen molar-refractivity contribution in [1.29, 1.82) is 0 Å². The summed E-state index contributed by atoms with van der Waals surface area (Å²) < 4.78 is 0. The van der Waals surface area contributed by atoms with Crippen LogP contribution >= 0.6 is 0 Å². The van der Waals surface area contributed by atoms with Crippen molar-refractivity contribution in [2.75, 3.05) is 0 Å². The Balaban J connectivity index is 2.24. The highest BCUT2D eigenvalue weighted by atomic mass is 29.2. The first-order valence-corrected chi connectivity index (χ1v) is 10.4. The summed E-state index contributed by atoms with van der Waals surface area (Å²) in [6, 6.07) is 0. The monoisotopic (exact) mass is 184 g/mol. The number of hydrogen-bond acceptors (Lipinski definition) is 0. The fraction of sp³-hybridized carbons (Fsp3) is 1.00. The second-order valence-corrected chi connectivity index (χ2v) is 15.7. The third-order valence-electron chi connectivity index (χ3n) is 2.24. The zero-order valence-corrected chi connectivity index (χ0v) is 10.1. The van der Waals surface area contributed by atoms with Crippen LogP contribution in [0.2, 0.25) is 25.2 Å². The van der Waals surface area contributed by atoms with E-state index < -0.39 is 7.59 Å². The van der Waals surface area contributed by atoms with E-state index in [1.807, 2.05) is 0 Å². The van der Waals surface area contributed by atoms with E-state index in [0.717, 1.165) is 5.54 Å². The van der Waals surface area contributed by atoms with Gasteiger partial charge in [0.1, 0.15) is 0 Å². The molecule has 0 aliphatic heterocycles. The van der Waals surface area contributed by atoms with Crippen molar-refractivity contribution < 1.29 is 0 Å². The van der Waals surface area contributed by atoms with Crippen LogP contribution in [0.1, 0.15) is 32.1 Å². The molecule has 1 saturated carbocycles. The average molecular weight is 184 g/mol. The third kappa shape index (κ3) is 4.11. The summed E-state index contributed by atoms with van der Waals surface area (Å²) >= 11 is 0. The summed E-state index contributed by atoms with van der Waals surface area (Å²) in [6.07, 6.45) is 7.63. The SMILES string of the molecule is C[Si](C)(C)[Si]C1CCCCC1. The Hall–Kier alpha value is 0.434. The number of rotatable bonds is 2. The Morgan fingerprint density at radius 2 is 1.55 bits per heavy atom. The summed E-state index contributed by atoms with van der Waals surface area (Å²) in [5.41, 5.74) is 1.13. The lowest BCUT2D eigenvalue weighted by atomic mass is 10.0. The van der Waals surface area contributed by atoms with Crippen molar-refractivity contribution in [1.82, 2.24) is 0 Å². The fourth-order valence-electron chi connectivity index (χ4n) is 1.86. The zero-order valence-electron chi connectivity index (χ0n) is 8.11. The Morgan fingerprint density at radius 3 is 2.00 bits per heavy atom. The zero-order chi connectivity index (χ0) is 8.32. The maximum absolute atomic E-state index is 2.51. The van der Waals surface area contributed by atoms with Crippen LogP contribution in [0.4, 0.5) is 0 Å². The van der Waals surface area contributed by atoms with E-state index in [-0.39, 0.29) is 0 Å². The molecule has 0 aromatic carbocycles. The van der Waals surface area contributed by atoms with Crippen LogP contribution in [-0.2, 0) is 0 Å². The first-order valence-electron chi connectivity index (χ1n) is 4.86. The molecular formula is C9H20Si2. The van der Waals surface area contributed by atoms with E-state index in [2.05, 4.69) is 19.6 Å². The highest BCUT2D eigenvalue weighted by Gasteiger charge is 2.22. The van der Waals surface area contributed by atoms with Gasteiger partial charge in [-0.2, -0.15) is 0 Å². The van der Waals surface area contributed by atoms with Gasteiger partial charge in [0, 0.05) is 16.6 Å². The molecule has 64 valence electrons. The minimum atomic E-state index is -0.717. The molecule has 2 radical (unpaired) electrons. The highest BCUT2D eigenvalue weighted by Crippen LogP contribution is 2.29. The van der Waals surface area contributed by atoms with Crippen LogP contribution in [0, 0.1) is 0 Å². The van der Waals surface area contributed by atoms with E-state index in [9.17, 15) is 0 Å². The lowest BCUT2D eigenvalue weighted by molar-refractivity contribution is 0.502. The van der Waals surface area contributed by atoms with Crippen molar-refractivity contribution >= 4 is 16.6 Å². The van der Waals surface area contributed by atoms with Gasteiger partial charge in [0.2, 0.25) is 0 Å². The van der Waals surface area contributed by atoms with Gasteiger partial charge in [-0.3, -0.25) is 0 Å². The molecule has 0 N–H and O–H groups in total. The molecule has 0 aromatic rings. The normalized spacial score (nSPS) is 22.1. The van der Waals surface area contributed by atoms with Gasteiger partial charge in [0.05, 0.1) is 0 Å². The van der Waals surface area contributed by atoms with Crippen LogP contribution in [0.5, 0.6) is 0 Å². The minimum absolute atomic E-state index is 0.717. The summed E-state index contributed by atoms with van der Waals surface area (Å²) in [6.45, 7) is 7.54. The molecule has 0 heterocycles. The van der Waals surface area contributed by atoms with Crippen molar-refractivity contribution in [3.63, 3.8) is 0 Å². The molecule has 0 amide bonds. The first kappa shape index (κ1) is 9.52. The molecule has 0 nitrogen and oxygen atoms in total. The molecule has 1 aliphatic rings. The molecular weight excluding hydrogens is 164 g/mol. The molecule has 0 unspecified atom stereocenters. The van der Waals surface area contributed by atoms with Crippen molar-refractivity contribution in [3.05, 3.63) is 0 Å². The van der Waals surface area contributed by atoms with Crippen LogP contribution in [0.3, 0.4) is 0 Å². The van der Waals surface area contributed by atoms with Gasteiger partial charge >= 0.3 is 0 Å². The molecule has 0 saturated heterocycles. The maximum atomic E-state index is 2.51. The maximum Gasteiger partial charge on any atom is 0.0330 e. The Morgan fingerprint density at radius 1 is 1.00 bits per heavy atom. The smallest absolute Gasteiger partial charge is 0.0330 e. The molecule has 1 aliphatic carbocycles. The van der Waals surface area contributed by atoms with Gasteiger partial charge in [-0.05, 0) is 0 Å². The lowest BCUT2D eigenvalue weighted by Crippen LogP contribution is -2.33. The summed E-state index contributed by atoms with van der Waals surface area (Å²) in [4.78, 5) is 0. The van der Waals surface area contributed by atoms with E-state index in [1.54, 1.807) is 12.8 Å². The van der Waals surface area contributed by atoms with Crippen LogP contribution < -0.4 is 0 Å². The molecule has 1 rings (SSSR count). The molecule has 11 heavy (non-hydrogen) atoms. The summed E-state index contributed by atoms with van der Waals surface area (Å²) in [7, 11) is 0.613. The van der Waals surface area contributed by atoms with E-state index in [1.165, 1.54) is 28.3 Å². The van der Waals surface area contributed by atoms with E-state index >= 15 is 0 Å². The number of hydrogen-bond donors (Lipinski definition) is 0. The van der Waals surface area contributed by atoms with Crippen LogP contribution in [-0.4, -0.2) is 16.6 Å². The molecule has 0 bridgehead atoms. The van der Waals surface area contributed by atoms with Gasteiger partial charge in [0.25, 0.3) is 0 Å². The largest absolute Gasteiger partial charge is 0.0719 e. The van der Waals surface area contributed by atoms with Gasteiger partial charge < -0.3 is 0 Å². The summed E-state index contributed by atoms with van der Waals surface area (Å²) in [5, 5.41) is 0. The summed E-state index contributed by atoms with van der Waals surface area (Å²) in [5.74, 6) is 0. The van der Waals surface area contributed by atoms with E-state index in [4.69, 9.17) is 0 Å². The molecule has 2 heteroatoms. The molecule has 0 atom stereocenters. The van der Waals surface area contributed by atoms with Gasteiger partial charge in [-0.25, -0.2) is 0 Å². The van der Waals surface area contributed by atoms with Gasteiger partial charge in [-0.1, -0.05) is 57.3 Å². The molecule has 0 spiro atoms. The predicted octanol–water partition coefficient (Wildman–Crippen LogP) is 3.28. The lowest BCUT2D eigenvalue weighted by Gasteiger charge is -2.26. The van der Waals surface area contributed by atoms with Crippen LogP contribution in [0.25, 0.3) is 0 Å². The predicted molar refractivity (Wildman–Crippen MR) is 55.9 cm³/mol. The van der Waals surface area contributed by atoms with Gasteiger partial charge in [0.15, 0.2) is 0 Å². The van der Waals surface area contributed by atoms with Crippen molar-refractivity contribution in [3.8, 4) is 0 Å². The average Bonchev–Trinajstić information content (AvgIpc) is 1.85. The third-order valence-corrected chi connectivity index (χ3v) is 7.92.